The highest BCUT2D eigenvalue weighted by Gasteiger charge is 2.19. The summed E-state index contributed by atoms with van der Waals surface area (Å²) in [6.07, 6.45) is 4.90. The van der Waals surface area contributed by atoms with Gasteiger partial charge in [0.2, 0.25) is 0 Å². The number of nitrogens with one attached hydrogen (secondary N) is 1. The normalized spacial score (nSPS) is 17.8. The Balaban J connectivity index is 1.75. The van der Waals surface area contributed by atoms with Gasteiger partial charge in [0.05, 0.1) is 17.9 Å². The van der Waals surface area contributed by atoms with Crippen molar-refractivity contribution in [2.24, 2.45) is 0 Å². The molecule has 3 heterocycles. The van der Waals surface area contributed by atoms with Gasteiger partial charge in [-0.1, -0.05) is 0 Å². The number of H-pyrrole nitrogens is 1. The van der Waals surface area contributed by atoms with Crippen LogP contribution in [0.5, 0.6) is 0 Å². The molecule has 1 fully saturated rings. The third kappa shape index (κ3) is 2.08. The second-order valence-corrected chi connectivity index (χ2v) is 5.16. The third-order valence-electron chi connectivity index (χ3n) is 3.72. The van der Waals surface area contributed by atoms with Gasteiger partial charge in [-0.25, -0.2) is 4.98 Å². The number of anilines is 1. The van der Waals surface area contributed by atoms with Crippen molar-refractivity contribution < 1.29 is 0 Å². The minimum absolute atomic E-state index is 0.641. The van der Waals surface area contributed by atoms with E-state index in [1.807, 2.05) is 12.3 Å². The third-order valence-corrected chi connectivity index (χ3v) is 3.72. The van der Waals surface area contributed by atoms with E-state index in [1.54, 1.807) is 0 Å². The van der Waals surface area contributed by atoms with Gasteiger partial charge in [0.25, 0.3) is 0 Å². The van der Waals surface area contributed by atoms with E-state index in [0.717, 1.165) is 37.5 Å². The van der Waals surface area contributed by atoms with Crippen molar-refractivity contribution >= 4 is 16.7 Å². The van der Waals surface area contributed by atoms with Crippen molar-refractivity contribution in [2.45, 2.75) is 19.9 Å². The minimum atomic E-state index is 0.641. The molecule has 0 atom stereocenters. The number of hydrogen-bond acceptors (Lipinski definition) is 3. The Kier molecular flexibility index (Phi) is 2.96. The first-order valence-corrected chi connectivity index (χ1v) is 6.58. The predicted molar refractivity (Wildman–Crippen MR) is 73.9 cm³/mol. The molecule has 2 aromatic heterocycles. The maximum absolute atomic E-state index is 4.53. The molecule has 95 valence electrons. The van der Waals surface area contributed by atoms with Crippen LogP contribution in [0.3, 0.4) is 0 Å². The van der Waals surface area contributed by atoms with E-state index in [2.05, 4.69) is 45.9 Å². The summed E-state index contributed by atoms with van der Waals surface area (Å²) in [5.41, 5.74) is 1.06. The maximum Gasteiger partial charge on any atom is 0.129 e. The molecule has 1 radical (unpaired) electrons. The fraction of sp³-hybridized carbons (Fsp3) is 0.500. The van der Waals surface area contributed by atoms with Crippen LogP contribution in [0.15, 0.2) is 18.3 Å². The van der Waals surface area contributed by atoms with Crippen LogP contribution in [-0.4, -0.2) is 47.1 Å². The van der Waals surface area contributed by atoms with E-state index in [9.17, 15) is 0 Å². The molecule has 1 saturated heterocycles. The van der Waals surface area contributed by atoms with Gasteiger partial charge in [-0.2, -0.15) is 0 Å². The van der Waals surface area contributed by atoms with Gasteiger partial charge in [0.15, 0.2) is 0 Å². The number of piperazine rings is 1. The van der Waals surface area contributed by atoms with Gasteiger partial charge in [0, 0.05) is 37.6 Å². The topological polar surface area (TPSA) is 35.2 Å². The van der Waals surface area contributed by atoms with Gasteiger partial charge in [-0.15, -0.1) is 0 Å². The van der Waals surface area contributed by atoms with Crippen LogP contribution in [0, 0.1) is 6.20 Å². The van der Waals surface area contributed by atoms with Crippen molar-refractivity contribution in [1.29, 1.82) is 0 Å². The molecule has 0 aromatic carbocycles. The number of fused-ring (bicyclic) bond motifs is 1. The first-order valence-electron chi connectivity index (χ1n) is 6.58. The van der Waals surface area contributed by atoms with Crippen molar-refractivity contribution in [1.82, 2.24) is 14.9 Å². The molecule has 1 N–H and O–H groups in total. The molecule has 18 heavy (non-hydrogen) atoms. The molecular formula is C14H19N4. The Labute approximate surface area is 108 Å². The number of pyridine rings is 1. The molecule has 0 spiro atoms. The Morgan fingerprint density at radius 1 is 1.28 bits per heavy atom. The molecule has 0 amide bonds. The zero-order valence-corrected chi connectivity index (χ0v) is 11.0. The molecule has 3 rings (SSSR count). The van der Waals surface area contributed by atoms with Crippen LogP contribution in [0.2, 0.25) is 0 Å². The SMILES string of the molecule is CC(C)N1CCN(c2cc3c[c][nH]c3cn2)CC1. The highest BCUT2D eigenvalue weighted by atomic mass is 15.3. The standard InChI is InChI=1S/C14H19N4/c1-11(2)17-5-7-18(8-6-17)14-9-12-3-4-15-13(12)10-16-14/h3,9-11,15H,5-8H2,1-2H3. The largest absolute Gasteiger partial charge is 0.354 e. The number of nitrogens with zero attached hydrogens (tertiary/aromatic N) is 3. The quantitative estimate of drug-likeness (QED) is 0.875. The van der Waals surface area contributed by atoms with E-state index >= 15 is 0 Å². The maximum atomic E-state index is 4.53. The van der Waals surface area contributed by atoms with Crippen molar-refractivity contribution in [3.05, 3.63) is 24.5 Å². The summed E-state index contributed by atoms with van der Waals surface area (Å²) < 4.78 is 0. The average Bonchev–Trinajstić information content (AvgIpc) is 2.86. The molecule has 0 saturated carbocycles. The molecule has 1 aliphatic heterocycles. The van der Waals surface area contributed by atoms with E-state index in [1.165, 1.54) is 5.39 Å². The molecule has 2 aromatic rings. The monoisotopic (exact) mass is 243 g/mol. The highest BCUT2D eigenvalue weighted by molar-refractivity contribution is 5.80. The van der Waals surface area contributed by atoms with Crippen molar-refractivity contribution in [3.8, 4) is 0 Å². The van der Waals surface area contributed by atoms with Crippen LogP contribution >= 0.6 is 0 Å². The number of rotatable bonds is 2. The second kappa shape index (κ2) is 4.61. The highest BCUT2D eigenvalue weighted by Crippen LogP contribution is 2.19. The van der Waals surface area contributed by atoms with E-state index in [4.69, 9.17) is 0 Å². The van der Waals surface area contributed by atoms with Crippen molar-refractivity contribution in [3.63, 3.8) is 0 Å². The molecule has 4 heteroatoms. The van der Waals surface area contributed by atoms with E-state index in [0.29, 0.717) is 6.04 Å². The molecule has 4 nitrogen and oxygen atoms in total. The summed E-state index contributed by atoms with van der Waals surface area (Å²) in [6.45, 7) is 8.88. The Morgan fingerprint density at radius 3 is 2.78 bits per heavy atom. The summed E-state index contributed by atoms with van der Waals surface area (Å²) in [5, 5.41) is 1.19. The lowest BCUT2D eigenvalue weighted by Crippen LogP contribution is -2.49. The lowest BCUT2D eigenvalue weighted by atomic mass is 10.2. The fourth-order valence-electron chi connectivity index (χ4n) is 2.52. The van der Waals surface area contributed by atoms with Crippen LogP contribution in [-0.2, 0) is 0 Å². The van der Waals surface area contributed by atoms with Crippen LogP contribution in [0.4, 0.5) is 5.82 Å². The lowest BCUT2D eigenvalue weighted by molar-refractivity contribution is 0.209. The predicted octanol–water partition coefficient (Wildman–Crippen LogP) is 1.89. The first-order chi connectivity index (χ1) is 8.74. The lowest BCUT2D eigenvalue weighted by Gasteiger charge is -2.37. The Hall–Kier alpha value is -1.55. The molecule has 0 bridgehead atoms. The number of aromatic amines is 1. The van der Waals surface area contributed by atoms with E-state index in [-0.39, 0.29) is 0 Å². The Morgan fingerprint density at radius 2 is 2.06 bits per heavy atom. The van der Waals surface area contributed by atoms with Crippen LogP contribution < -0.4 is 4.90 Å². The summed E-state index contributed by atoms with van der Waals surface area (Å²) in [4.78, 5) is 12.5. The van der Waals surface area contributed by atoms with Gasteiger partial charge in [-0.05, 0) is 26.0 Å². The number of hydrogen-bond donors (Lipinski definition) is 1. The zero-order chi connectivity index (χ0) is 12.5. The zero-order valence-electron chi connectivity index (χ0n) is 11.0. The van der Waals surface area contributed by atoms with Gasteiger partial charge in [-0.3, -0.25) is 4.90 Å². The van der Waals surface area contributed by atoms with Gasteiger partial charge >= 0.3 is 0 Å². The second-order valence-electron chi connectivity index (χ2n) is 5.16. The summed E-state index contributed by atoms with van der Waals surface area (Å²) in [5.74, 6) is 1.08. The molecular weight excluding hydrogens is 224 g/mol. The summed E-state index contributed by atoms with van der Waals surface area (Å²) >= 11 is 0. The smallest absolute Gasteiger partial charge is 0.129 e. The van der Waals surface area contributed by atoms with Gasteiger partial charge < -0.3 is 9.88 Å². The Bertz CT molecular complexity index is 523. The van der Waals surface area contributed by atoms with Gasteiger partial charge in [0.1, 0.15) is 5.82 Å². The average molecular weight is 243 g/mol. The first kappa shape index (κ1) is 11.5. The van der Waals surface area contributed by atoms with Crippen molar-refractivity contribution in [2.75, 3.05) is 31.1 Å². The molecule has 0 unspecified atom stereocenters. The van der Waals surface area contributed by atoms with E-state index < -0.39 is 0 Å². The van der Waals surface area contributed by atoms with Crippen LogP contribution in [0.25, 0.3) is 10.9 Å². The minimum Gasteiger partial charge on any atom is -0.354 e. The fourth-order valence-corrected chi connectivity index (χ4v) is 2.52. The molecule has 0 aliphatic carbocycles. The summed E-state index contributed by atoms with van der Waals surface area (Å²) in [7, 11) is 0. The molecule has 1 aliphatic rings. The summed E-state index contributed by atoms with van der Waals surface area (Å²) in [6, 6.07) is 4.76. The van der Waals surface area contributed by atoms with Crippen LogP contribution in [0.1, 0.15) is 13.8 Å². The number of aromatic nitrogens is 2.